The molecule has 5 nitrogen and oxygen atoms in total. The van der Waals surface area contributed by atoms with Crippen molar-refractivity contribution in [3.05, 3.63) is 64.9 Å². The summed E-state index contributed by atoms with van der Waals surface area (Å²) in [6.45, 7) is 5.37. The van der Waals surface area contributed by atoms with Crippen LogP contribution in [0.15, 0.2) is 36.4 Å². The maximum absolute atomic E-state index is 15.0. The van der Waals surface area contributed by atoms with Crippen molar-refractivity contribution in [1.82, 2.24) is 4.57 Å². The quantitative estimate of drug-likeness (QED) is 0.578. The van der Waals surface area contributed by atoms with Gasteiger partial charge in [0.05, 0.1) is 11.4 Å². The lowest BCUT2D eigenvalue weighted by Gasteiger charge is -2.18. The summed E-state index contributed by atoms with van der Waals surface area (Å²) in [6, 6.07) is 7.57. The molecule has 0 aliphatic rings. The Balaban J connectivity index is 2.33. The zero-order chi connectivity index (χ0) is 22.2. The van der Waals surface area contributed by atoms with Crippen molar-refractivity contribution in [2.75, 3.05) is 0 Å². The lowest BCUT2D eigenvalue weighted by molar-refractivity contribution is -0.139. The van der Waals surface area contributed by atoms with E-state index < -0.39 is 35.2 Å². The number of phenols is 1. The number of nitrogens with zero attached hydrogens (tertiary/aromatic N) is 1. The van der Waals surface area contributed by atoms with Crippen LogP contribution in [0.2, 0.25) is 0 Å². The Labute approximate surface area is 172 Å². The fourth-order valence-electron chi connectivity index (χ4n) is 3.83. The van der Waals surface area contributed by atoms with Crippen LogP contribution in [0.3, 0.4) is 0 Å². The third kappa shape index (κ3) is 3.67. The standard InChI is InChI=1S/C23H23F2NO4/c1-4-12(2)10-16(23(29)30)19-13(3)26(17-8-9-18(27)21(25)20(17)19)22(28)14-6-5-7-15(24)11-14/h5-9,11-12,16,27H,4,10H2,1-3H3,(H,29,30)/t12?,16-/m1/s1. The van der Waals surface area contributed by atoms with Gasteiger partial charge in [-0.1, -0.05) is 26.3 Å². The highest BCUT2D eigenvalue weighted by atomic mass is 19.1. The van der Waals surface area contributed by atoms with E-state index in [9.17, 15) is 28.6 Å². The van der Waals surface area contributed by atoms with Crippen LogP contribution in [0.1, 0.15) is 54.2 Å². The molecule has 158 valence electrons. The lowest BCUT2D eigenvalue weighted by atomic mass is 9.87. The van der Waals surface area contributed by atoms with Crippen molar-refractivity contribution in [3.63, 3.8) is 0 Å². The first kappa shape index (κ1) is 21.5. The second-order valence-corrected chi connectivity index (χ2v) is 7.58. The van der Waals surface area contributed by atoms with Crippen molar-refractivity contribution < 1.29 is 28.6 Å². The Hall–Kier alpha value is -3.22. The average Bonchev–Trinajstić information content (AvgIpc) is 3.00. The molecule has 0 amide bonds. The maximum Gasteiger partial charge on any atom is 0.311 e. The van der Waals surface area contributed by atoms with Gasteiger partial charge >= 0.3 is 5.97 Å². The van der Waals surface area contributed by atoms with Gasteiger partial charge < -0.3 is 10.2 Å². The number of rotatable bonds is 6. The number of carbonyl (C=O) groups excluding carboxylic acids is 1. The first-order valence-electron chi connectivity index (χ1n) is 9.72. The average molecular weight is 415 g/mol. The summed E-state index contributed by atoms with van der Waals surface area (Å²) >= 11 is 0. The summed E-state index contributed by atoms with van der Waals surface area (Å²) in [5, 5.41) is 19.7. The Morgan fingerprint density at radius 1 is 1.17 bits per heavy atom. The molecule has 30 heavy (non-hydrogen) atoms. The van der Waals surface area contributed by atoms with Crippen LogP contribution in [-0.2, 0) is 4.79 Å². The van der Waals surface area contributed by atoms with Crippen LogP contribution in [-0.4, -0.2) is 26.7 Å². The maximum atomic E-state index is 15.0. The van der Waals surface area contributed by atoms with Crippen molar-refractivity contribution >= 4 is 22.8 Å². The topological polar surface area (TPSA) is 79.5 Å². The fourth-order valence-corrected chi connectivity index (χ4v) is 3.83. The van der Waals surface area contributed by atoms with E-state index in [-0.39, 0.29) is 40.1 Å². The van der Waals surface area contributed by atoms with Crippen LogP contribution < -0.4 is 0 Å². The molecule has 0 saturated heterocycles. The molecule has 1 heterocycles. The van der Waals surface area contributed by atoms with E-state index in [2.05, 4.69) is 0 Å². The summed E-state index contributed by atoms with van der Waals surface area (Å²) in [5.41, 5.74) is 0.571. The van der Waals surface area contributed by atoms with Crippen LogP contribution in [0.4, 0.5) is 8.78 Å². The van der Waals surface area contributed by atoms with Crippen molar-refractivity contribution in [3.8, 4) is 5.75 Å². The molecule has 0 aliphatic heterocycles. The SMILES string of the molecule is CCC(C)C[C@@H](C(=O)O)c1c(C)n(C(=O)c2cccc(F)c2)c2ccc(O)c(F)c12. The number of benzene rings is 2. The van der Waals surface area contributed by atoms with Crippen molar-refractivity contribution in [2.45, 2.75) is 39.5 Å². The monoisotopic (exact) mass is 415 g/mol. The predicted octanol–water partition coefficient (Wildman–Crippen LogP) is 5.23. The van der Waals surface area contributed by atoms with Gasteiger partial charge in [0.15, 0.2) is 11.6 Å². The second kappa shape index (κ2) is 8.26. The molecule has 7 heteroatoms. The molecular formula is C23H23F2NO4. The number of halogens is 2. The summed E-state index contributed by atoms with van der Waals surface area (Å²) in [4.78, 5) is 25.3. The minimum Gasteiger partial charge on any atom is -0.505 e. The number of aromatic nitrogens is 1. The first-order chi connectivity index (χ1) is 14.2. The highest BCUT2D eigenvalue weighted by Crippen LogP contribution is 2.39. The Bertz CT molecular complexity index is 1140. The number of aromatic hydroxyl groups is 1. The molecule has 2 N–H and O–H groups in total. The van der Waals surface area contributed by atoms with Gasteiger partial charge in [-0.2, -0.15) is 0 Å². The van der Waals surface area contributed by atoms with Gasteiger partial charge in [0.1, 0.15) is 5.82 Å². The van der Waals surface area contributed by atoms with Crippen molar-refractivity contribution in [1.29, 1.82) is 0 Å². The van der Waals surface area contributed by atoms with E-state index in [4.69, 9.17) is 0 Å². The molecule has 1 unspecified atom stereocenters. The number of fused-ring (bicyclic) bond motifs is 1. The van der Waals surface area contributed by atoms with Crippen molar-refractivity contribution in [2.24, 2.45) is 5.92 Å². The minimum absolute atomic E-state index is 0.0446. The molecule has 2 aromatic carbocycles. The normalized spacial score (nSPS) is 13.4. The lowest BCUT2D eigenvalue weighted by Crippen LogP contribution is -2.18. The van der Waals surface area contributed by atoms with Gasteiger partial charge in [0.2, 0.25) is 0 Å². The number of aliphatic carboxylic acids is 1. The molecule has 0 saturated carbocycles. The fraction of sp³-hybridized carbons (Fsp3) is 0.304. The molecule has 0 bridgehead atoms. The van der Waals surface area contributed by atoms with E-state index in [0.29, 0.717) is 0 Å². The predicted molar refractivity (Wildman–Crippen MR) is 109 cm³/mol. The summed E-state index contributed by atoms with van der Waals surface area (Å²) in [7, 11) is 0. The number of hydrogen-bond donors (Lipinski definition) is 2. The van der Waals surface area contributed by atoms with Crippen LogP contribution >= 0.6 is 0 Å². The molecular weight excluding hydrogens is 392 g/mol. The van der Waals surface area contributed by atoms with Gasteiger partial charge in [-0.15, -0.1) is 0 Å². The minimum atomic E-state index is -1.14. The zero-order valence-electron chi connectivity index (χ0n) is 16.9. The van der Waals surface area contributed by atoms with E-state index in [0.717, 1.165) is 18.6 Å². The second-order valence-electron chi connectivity index (χ2n) is 7.58. The molecule has 1 aromatic heterocycles. The summed E-state index contributed by atoms with van der Waals surface area (Å²) in [5.74, 6) is -4.99. The van der Waals surface area contributed by atoms with Gasteiger partial charge in [0.25, 0.3) is 5.91 Å². The molecule has 3 rings (SSSR count). The largest absolute Gasteiger partial charge is 0.505 e. The third-order valence-corrected chi connectivity index (χ3v) is 5.59. The highest BCUT2D eigenvalue weighted by Gasteiger charge is 2.32. The number of carboxylic acids is 1. The highest BCUT2D eigenvalue weighted by molar-refractivity contribution is 6.05. The van der Waals surface area contributed by atoms with Gasteiger partial charge in [-0.25, -0.2) is 8.78 Å². The molecule has 0 radical (unpaired) electrons. The Kier molecular flexibility index (Phi) is 5.92. The van der Waals surface area contributed by atoms with E-state index in [1.54, 1.807) is 0 Å². The van der Waals surface area contributed by atoms with Gasteiger partial charge in [-0.05, 0) is 55.2 Å². The molecule has 0 spiro atoms. The van der Waals surface area contributed by atoms with Gasteiger partial charge in [0, 0.05) is 16.6 Å². The van der Waals surface area contributed by atoms with Crippen LogP contribution in [0.5, 0.6) is 5.75 Å². The van der Waals surface area contributed by atoms with Crippen LogP contribution in [0.25, 0.3) is 10.9 Å². The number of hydrogen-bond acceptors (Lipinski definition) is 3. The number of carbonyl (C=O) groups is 2. The smallest absolute Gasteiger partial charge is 0.311 e. The van der Waals surface area contributed by atoms with E-state index >= 15 is 0 Å². The van der Waals surface area contributed by atoms with Gasteiger partial charge in [-0.3, -0.25) is 14.2 Å². The van der Waals surface area contributed by atoms with Crippen LogP contribution in [0, 0.1) is 24.5 Å². The Morgan fingerprint density at radius 3 is 2.47 bits per heavy atom. The summed E-state index contributed by atoms with van der Waals surface area (Å²) in [6.07, 6.45) is 0.979. The molecule has 0 aliphatic carbocycles. The molecule has 0 fully saturated rings. The molecule has 2 atom stereocenters. The molecule has 3 aromatic rings. The van der Waals surface area contributed by atoms with E-state index in [1.165, 1.54) is 35.8 Å². The first-order valence-corrected chi connectivity index (χ1v) is 9.72. The third-order valence-electron chi connectivity index (χ3n) is 5.59. The Morgan fingerprint density at radius 2 is 1.87 bits per heavy atom. The number of carboxylic acid groups (broad SMARTS) is 1. The zero-order valence-corrected chi connectivity index (χ0v) is 16.9. The summed E-state index contributed by atoms with van der Waals surface area (Å²) < 4.78 is 29.9. The van der Waals surface area contributed by atoms with E-state index in [1.807, 2.05) is 13.8 Å². The number of phenolic OH excluding ortho intramolecular Hbond substituents is 1.